The average molecular weight is 399 g/mol. The van der Waals surface area contributed by atoms with Crippen molar-refractivity contribution >= 4 is 22.7 Å². The molecule has 2 aromatic carbocycles. The molecule has 6 nitrogen and oxygen atoms in total. The maximum Gasteiger partial charge on any atom is 0.255 e. The van der Waals surface area contributed by atoms with Gasteiger partial charge in [0.2, 0.25) is 5.91 Å². The molecule has 0 fully saturated rings. The van der Waals surface area contributed by atoms with Gasteiger partial charge in [-0.15, -0.1) is 0 Å². The normalized spacial score (nSPS) is 15.6. The number of aryl methyl sites for hydroxylation is 1. The third-order valence-corrected chi connectivity index (χ3v) is 5.54. The summed E-state index contributed by atoms with van der Waals surface area (Å²) in [5.41, 5.74) is 3.55. The fraction of sp³-hybridized carbons (Fsp3) is 0.167. The quantitative estimate of drug-likeness (QED) is 0.534. The van der Waals surface area contributed by atoms with Gasteiger partial charge in [0.05, 0.1) is 12.6 Å². The molecule has 6 heteroatoms. The van der Waals surface area contributed by atoms with Crippen molar-refractivity contribution in [2.75, 3.05) is 6.54 Å². The standard InChI is InChI=1S/C24H21N3O3/c1-15-10-11-16(30-15)12-26-22(28)14-27-23(18-7-2-3-8-19(18)24(27)29)20-13-25-21-9-5-4-6-17(20)21/h2-11,13,23,25H,12,14H2,1H3,(H,26,28). The largest absolute Gasteiger partial charge is 0.465 e. The molecule has 2 amide bonds. The molecule has 3 heterocycles. The molecule has 1 aliphatic heterocycles. The van der Waals surface area contributed by atoms with Crippen LogP contribution in [-0.4, -0.2) is 28.2 Å². The Morgan fingerprint density at radius 2 is 1.87 bits per heavy atom. The molecule has 0 saturated heterocycles. The van der Waals surface area contributed by atoms with Crippen LogP contribution in [0.25, 0.3) is 10.9 Å². The Morgan fingerprint density at radius 3 is 2.70 bits per heavy atom. The highest BCUT2D eigenvalue weighted by molar-refractivity contribution is 6.02. The van der Waals surface area contributed by atoms with Gasteiger partial charge in [-0.3, -0.25) is 9.59 Å². The number of amides is 2. The third-order valence-electron chi connectivity index (χ3n) is 5.54. The Labute approximate surface area is 173 Å². The first kappa shape index (κ1) is 18.2. The monoisotopic (exact) mass is 399 g/mol. The average Bonchev–Trinajstić information content (AvgIpc) is 3.44. The van der Waals surface area contributed by atoms with Crippen LogP contribution in [0, 0.1) is 6.92 Å². The van der Waals surface area contributed by atoms with Gasteiger partial charge in [-0.05, 0) is 36.8 Å². The molecule has 0 saturated carbocycles. The summed E-state index contributed by atoms with van der Waals surface area (Å²) < 4.78 is 5.50. The summed E-state index contributed by atoms with van der Waals surface area (Å²) in [4.78, 5) is 30.8. The summed E-state index contributed by atoms with van der Waals surface area (Å²) >= 11 is 0. The fourth-order valence-corrected chi connectivity index (χ4v) is 4.17. The predicted octanol–water partition coefficient (Wildman–Crippen LogP) is 3.93. The SMILES string of the molecule is Cc1ccc(CNC(=O)CN2C(=O)c3ccccc3C2c2c[nH]c3ccccc23)o1. The second-order valence-corrected chi connectivity index (χ2v) is 7.50. The van der Waals surface area contributed by atoms with Crippen LogP contribution >= 0.6 is 0 Å². The summed E-state index contributed by atoms with van der Waals surface area (Å²) in [6.07, 6.45) is 1.93. The van der Waals surface area contributed by atoms with Crippen LogP contribution in [0.2, 0.25) is 0 Å². The van der Waals surface area contributed by atoms with Crippen LogP contribution in [0.1, 0.15) is 39.0 Å². The molecule has 150 valence electrons. The van der Waals surface area contributed by atoms with E-state index in [-0.39, 0.29) is 24.4 Å². The number of benzene rings is 2. The first-order valence-corrected chi connectivity index (χ1v) is 9.90. The van der Waals surface area contributed by atoms with Crippen molar-refractivity contribution in [3.05, 3.63) is 95.1 Å². The third kappa shape index (κ3) is 3.06. The molecule has 0 spiro atoms. The minimum Gasteiger partial charge on any atom is -0.465 e. The Bertz CT molecular complexity index is 1250. The van der Waals surface area contributed by atoms with Crippen LogP contribution in [0.3, 0.4) is 0 Å². The number of nitrogens with one attached hydrogen (secondary N) is 2. The van der Waals surface area contributed by atoms with E-state index in [1.54, 1.807) is 4.90 Å². The van der Waals surface area contributed by atoms with Crippen molar-refractivity contribution in [1.82, 2.24) is 15.2 Å². The second-order valence-electron chi connectivity index (χ2n) is 7.50. The highest BCUT2D eigenvalue weighted by atomic mass is 16.3. The maximum absolute atomic E-state index is 13.2. The number of rotatable bonds is 5. The summed E-state index contributed by atoms with van der Waals surface area (Å²) in [5, 5.41) is 3.90. The first-order valence-electron chi connectivity index (χ1n) is 9.90. The number of fused-ring (bicyclic) bond motifs is 2. The number of furan rings is 1. The number of nitrogens with zero attached hydrogens (tertiary/aromatic N) is 1. The van der Waals surface area contributed by atoms with Crippen molar-refractivity contribution in [2.45, 2.75) is 19.5 Å². The molecule has 2 N–H and O–H groups in total. The van der Waals surface area contributed by atoms with Crippen molar-refractivity contribution in [3.8, 4) is 0 Å². The number of H-pyrrole nitrogens is 1. The highest BCUT2D eigenvalue weighted by Gasteiger charge is 2.39. The van der Waals surface area contributed by atoms with E-state index in [9.17, 15) is 9.59 Å². The lowest BCUT2D eigenvalue weighted by Gasteiger charge is -2.25. The number of para-hydroxylation sites is 1. The van der Waals surface area contributed by atoms with Crippen molar-refractivity contribution < 1.29 is 14.0 Å². The maximum atomic E-state index is 13.2. The van der Waals surface area contributed by atoms with Crippen LogP contribution in [0.15, 0.2) is 71.3 Å². The van der Waals surface area contributed by atoms with E-state index in [4.69, 9.17) is 4.42 Å². The smallest absolute Gasteiger partial charge is 0.255 e. The summed E-state index contributed by atoms with van der Waals surface area (Å²) in [5.74, 6) is 1.12. The molecule has 0 aliphatic carbocycles. The molecule has 5 rings (SSSR count). The zero-order valence-corrected chi connectivity index (χ0v) is 16.5. The fourth-order valence-electron chi connectivity index (χ4n) is 4.17. The van der Waals surface area contributed by atoms with E-state index in [1.165, 1.54) is 0 Å². The molecule has 0 bridgehead atoms. The lowest BCUT2D eigenvalue weighted by molar-refractivity contribution is -0.122. The van der Waals surface area contributed by atoms with E-state index in [0.717, 1.165) is 27.8 Å². The zero-order chi connectivity index (χ0) is 20.7. The Kier molecular flexibility index (Phi) is 4.39. The lowest BCUT2D eigenvalue weighted by atomic mass is 9.97. The van der Waals surface area contributed by atoms with E-state index in [2.05, 4.69) is 10.3 Å². The number of hydrogen-bond donors (Lipinski definition) is 2. The molecular formula is C24H21N3O3. The first-order chi connectivity index (χ1) is 14.6. The molecule has 0 radical (unpaired) electrons. The minimum absolute atomic E-state index is 0.0304. The van der Waals surface area contributed by atoms with E-state index in [0.29, 0.717) is 17.9 Å². The van der Waals surface area contributed by atoms with Gasteiger partial charge >= 0.3 is 0 Å². The number of hydrogen-bond acceptors (Lipinski definition) is 3. The highest BCUT2D eigenvalue weighted by Crippen LogP contribution is 2.40. The van der Waals surface area contributed by atoms with Crippen molar-refractivity contribution in [3.63, 3.8) is 0 Å². The minimum atomic E-state index is -0.318. The number of aromatic amines is 1. The summed E-state index contributed by atoms with van der Waals surface area (Å²) in [6.45, 7) is 2.12. The van der Waals surface area contributed by atoms with E-state index >= 15 is 0 Å². The van der Waals surface area contributed by atoms with Crippen LogP contribution in [0.5, 0.6) is 0 Å². The van der Waals surface area contributed by atoms with Gasteiger partial charge in [-0.1, -0.05) is 36.4 Å². The number of aromatic nitrogens is 1. The Morgan fingerprint density at radius 1 is 1.07 bits per heavy atom. The summed E-state index contributed by atoms with van der Waals surface area (Å²) in [6, 6.07) is 18.9. The molecule has 1 aliphatic rings. The number of carbonyl (C=O) groups is 2. The van der Waals surface area contributed by atoms with Crippen LogP contribution in [0.4, 0.5) is 0 Å². The van der Waals surface area contributed by atoms with Gasteiger partial charge in [-0.2, -0.15) is 0 Å². The number of carbonyl (C=O) groups excluding carboxylic acids is 2. The van der Waals surface area contributed by atoms with E-state index in [1.807, 2.05) is 73.8 Å². The Hall–Kier alpha value is -3.80. The topological polar surface area (TPSA) is 78.3 Å². The van der Waals surface area contributed by atoms with Crippen molar-refractivity contribution in [2.24, 2.45) is 0 Å². The molecule has 1 atom stereocenters. The molecule has 30 heavy (non-hydrogen) atoms. The van der Waals surface area contributed by atoms with Gasteiger partial charge in [0.1, 0.15) is 18.1 Å². The van der Waals surface area contributed by atoms with Gasteiger partial charge < -0.3 is 19.6 Å². The van der Waals surface area contributed by atoms with Crippen LogP contribution in [-0.2, 0) is 11.3 Å². The molecule has 1 unspecified atom stereocenters. The summed E-state index contributed by atoms with van der Waals surface area (Å²) in [7, 11) is 0. The van der Waals surface area contributed by atoms with Crippen molar-refractivity contribution in [1.29, 1.82) is 0 Å². The zero-order valence-electron chi connectivity index (χ0n) is 16.5. The predicted molar refractivity (Wildman–Crippen MR) is 113 cm³/mol. The van der Waals surface area contributed by atoms with Crippen LogP contribution < -0.4 is 5.32 Å². The van der Waals surface area contributed by atoms with Gasteiger partial charge in [-0.25, -0.2) is 0 Å². The Balaban J connectivity index is 1.45. The van der Waals surface area contributed by atoms with Gasteiger partial charge in [0.15, 0.2) is 0 Å². The molecular weight excluding hydrogens is 378 g/mol. The van der Waals surface area contributed by atoms with Gasteiger partial charge in [0.25, 0.3) is 5.91 Å². The van der Waals surface area contributed by atoms with E-state index < -0.39 is 0 Å². The second kappa shape index (κ2) is 7.22. The lowest BCUT2D eigenvalue weighted by Crippen LogP contribution is -2.39. The molecule has 2 aromatic heterocycles. The van der Waals surface area contributed by atoms with Gasteiger partial charge in [0, 0.05) is 28.2 Å². The molecule has 4 aromatic rings.